The van der Waals surface area contributed by atoms with Crippen LogP contribution < -0.4 is 5.73 Å². The average Bonchev–Trinajstić information content (AvgIpc) is 2.61. The van der Waals surface area contributed by atoms with Crippen LogP contribution in [0.5, 0.6) is 5.75 Å². The van der Waals surface area contributed by atoms with E-state index in [4.69, 9.17) is 5.73 Å². The molecule has 2 rings (SSSR count). The molecule has 0 saturated carbocycles. The fourth-order valence-corrected chi connectivity index (χ4v) is 1.52. The second-order valence-electron chi connectivity index (χ2n) is 3.54. The zero-order valence-electron chi connectivity index (χ0n) is 9.09. The molecule has 0 atom stereocenters. The van der Waals surface area contributed by atoms with Gasteiger partial charge >= 0.3 is 0 Å². The van der Waals surface area contributed by atoms with Crippen LogP contribution in [0.2, 0.25) is 0 Å². The summed E-state index contributed by atoms with van der Waals surface area (Å²) in [7, 11) is 0. The van der Waals surface area contributed by atoms with E-state index < -0.39 is 0 Å². The van der Waals surface area contributed by atoms with E-state index in [1.54, 1.807) is 28.9 Å². The minimum absolute atomic E-state index is 0.240. The zero-order chi connectivity index (χ0) is 11.5. The maximum Gasteiger partial charge on any atom is 0.152 e. The molecular formula is C11H14N4O. The van der Waals surface area contributed by atoms with Crippen molar-refractivity contribution in [3.8, 4) is 11.4 Å². The van der Waals surface area contributed by atoms with Crippen molar-refractivity contribution in [2.45, 2.75) is 13.3 Å². The number of aromatic hydroxyl groups is 1. The lowest BCUT2D eigenvalue weighted by Crippen LogP contribution is -2.05. The van der Waals surface area contributed by atoms with Gasteiger partial charge in [0.05, 0.1) is 5.69 Å². The molecule has 0 saturated heterocycles. The summed E-state index contributed by atoms with van der Waals surface area (Å²) in [6.07, 6.45) is 0.673. The molecule has 0 spiro atoms. The molecular weight excluding hydrogens is 204 g/mol. The fraction of sp³-hybridized carbons (Fsp3) is 0.273. The Hall–Kier alpha value is -1.88. The Bertz CT molecular complexity index is 475. The van der Waals surface area contributed by atoms with E-state index in [9.17, 15) is 5.11 Å². The SMILES string of the molecule is Cc1nc(CCN)nn1-c1ccc(O)cc1. The number of phenolic OH excluding ortho intramolecular Hbond substituents is 1. The highest BCUT2D eigenvalue weighted by atomic mass is 16.3. The number of nitrogens with zero attached hydrogens (tertiary/aromatic N) is 3. The zero-order valence-corrected chi connectivity index (χ0v) is 9.09. The van der Waals surface area contributed by atoms with Gasteiger partial charge in [0.15, 0.2) is 5.82 Å². The van der Waals surface area contributed by atoms with Gasteiger partial charge in [0.1, 0.15) is 11.6 Å². The molecule has 0 bridgehead atoms. The van der Waals surface area contributed by atoms with Gasteiger partial charge in [-0.1, -0.05) is 0 Å². The third-order valence-corrected chi connectivity index (χ3v) is 2.28. The molecule has 84 valence electrons. The molecule has 0 aliphatic heterocycles. The first-order valence-electron chi connectivity index (χ1n) is 5.12. The van der Waals surface area contributed by atoms with Crippen molar-refractivity contribution >= 4 is 0 Å². The molecule has 0 radical (unpaired) electrons. The van der Waals surface area contributed by atoms with Crippen LogP contribution in [0.25, 0.3) is 5.69 Å². The highest BCUT2D eigenvalue weighted by Crippen LogP contribution is 2.14. The Labute approximate surface area is 93.5 Å². The first kappa shape index (κ1) is 10.6. The molecule has 1 aromatic heterocycles. The van der Waals surface area contributed by atoms with Gasteiger partial charge in [0.2, 0.25) is 0 Å². The summed E-state index contributed by atoms with van der Waals surface area (Å²) in [4.78, 5) is 4.31. The summed E-state index contributed by atoms with van der Waals surface area (Å²) < 4.78 is 1.74. The van der Waals surface area contributed by atoms with Crippen LogP contribution in [0.3, 0.4) is 0 Å². The van der Waals surface area contributed by atoms with Crippen molar-refractivity contribution in [1.82, 2.24) is 14.8 Å². The largest absolute Gasteiger partial charge is 0.508 e. The summed E-state index contributed by atoms with van der Waals surface area (Å²) in [6, 6.07) is 6.84. The molecule has 2 aromatic rings. The maximum atomic E-state index is 9.20. The van der Waals surface area contributed by atoms with E-state index in [0.717, 1.165) is 17.3 Å². The third-order valence-electron chi connectivity index (χ3n) is 2.28. The molecule has 1 heterocycles. The van der Waals surface area contributed by atoms with Gasteiger partial charge < -0.3 is 10.8 Å². The topological polar surface area (TPSA) is 77.0 Å². The van der Waals surface area contributed by atoms with Crippen molar-refractivity contribution in [2.24, 2.45) is 5.73 Å². The van der Waals surface area contributed by atoms with Crippen LogP contribution in [0, 0.1) is 6.92 Å². The van der Waals surface area contributed by atoms with Crippen LogP contribution in [0.15, 0.2) is 24.3 Å². The van der Waals surface area contributed by atoms with Gasteiger partial charge in [-0.15, -0.1) is 0 Å². The van der Waals surface area contributed by atoms with Crippen molar-refractivity contribution in [3.63, 3.8) is 0 Å². The van der Waals surface area contributed by atoms with E-state index in [1.807, 2.05) is 6.92 Å². The van der Waals surface area contributed by atoms with E-state index >= 15 is 0 Å². The minimum Gasteiger partial charge on any atom is -0.508 e. The minimum atomic E-state index is 0.240. The van der Waals surface area contributed by atoms with Crippen molar-refractivity contribution in [3.05, 3.63) is 35.9 Å². The van der Waals surface area contributed by atoms with Gasteiger partial charge in [0.25, 0.3) is 0 Å². The molecule has 0 fully saturated rings. The fourth-order valence-electron chi connectivity index (χ4n) is 1.52. The standard InChI is InChI=1S/C11H14N4O/c1-8-13-11(6-7-12)14-15(8)9-2-4-10(16)5-3-9/h2-5,16H,6-7,12H2,1H3. The van der Waals surface area contributed by atoms with Crippen LogP contribution in [-0.2, 0) is 6.42 Å². The van der Waals surface area contributed by atoms with E-state index in [0.29, 0.717) is 13.0 Å². The number of phenols is 1. The van der Waals surface area contributed by atoms with Gasteiger partial charge in [-0.25, -0.2) is 9.67 Å². The second kappa shape index (κ2) is 4.32. The van der Waals surface area contributed by atoms with Crippen molar-refractivity contribution in [1.29, 1.82) is 0 Å². The molecule has 0 amide bonds. The highest BCUT2D eigenvalue weighted by molar-refractivity contribution is 5.36. The second-order valence-corrected chi connectivity index (χ2v) is 3.54. The van der Waals surface area contributed by atoms with Crippen LogP contribution in [-0.4, -0.2) is 26.4 Å². The van der Waals surface area contributed by atoms with E-state index in [-0.39, 0.29) is 5.75 Å². The average molecular weight is 218 g/mol. The van der Waals surface area contributed by atoms with Crippen LogP contribution >= 0.6 is 0 Å². The Balaban J connectivity index is 2.36. The lowest BCUT2D eigenvalue weighted by molar-refractivity contribution is 0.475. The number of hydrogen-bond acceptors (Lipinski definition) is 4. The Morgan fingerprint density at radius 3 is 2.62 bits per heavy atom. The number of benzene rings is 1. The Kier molecular flexibility index (Phi) is 2.87. The molecule has 3 N–H and O–H groups in total. The first-order chi connectivity index (χ1) is 7.70. The van der Waals surface area contributed by atoms with E-state index in [2.05, 4.69) is 10.1 Å². The molecule has 5 heteroatoms. The number of rotatable bonds is 3. The first-order valence-corrected chi connectivity index (χ1v) is 5.12. The predicted octanol–water partition coefficient (Wildman–Crippen LogP) is 0.783. The predicted molar refractivity (Wildman–Crippen MR) is 60.5 cm³/mol. The van der Waals surface area contributed by atoms with Crippen molar-refractivity contribution < 1.29 is 5.11 Å². The molecule has 16 heavy (non-hydrogen) atoms. The van der Waals surface area contributed by atoms with Gasteiger partial charge in [-0.05, 0) is 37.7 Å². The molecule has 0 aliphatic rings. The smallest absolute Gasteiger partial charge is 0.152 e. The summed E-state index contributed by atoms with van der Waals surface area (Å²) in [5.41, 5.74) is 6.34. The summed E-state index contributed by atoms with van der Waals surface area (Å²) in [5.74, 6) is 1.80. The highest BCUT2D eigenvalue weighted by Gasteiger charge is 2.06. The van der Waals surface area contributed by atoms with Crippen LogP contribution in [0.1, 0.15) is 11.6 Å². The molecule has 0 unspecified atom stereocenters. The maximum absolute atomic E-state index is 9.20. The number of nitrogens with two attached hydrogens (primary N) is 1. The molecule has 0 aliphatic carbocycles. The van der Waals surface area contributed by atoms with Gasteiger partial charge in [0, 0.05) is 6.42 Å². The van der Waals surface area contributed by atoms with Crippen molar-refractivity contribution in [2.75, 3.05) is 6.54 Å². The summed E-state index contributed by atoms with van der Waals surface area (Å²) in [6.45, 7) is 2.43. The monoisotopic (exact) mass is 218 g/mol. The quantitative estimate of drug-likeness (QED) is 0.798. The van der Waals surface area contributed by atoms with Crippen LogP contribution in [0.4, 0.5) is 0 Å². The number of aryl methyl sites for hydroxylation is 1. The molecule has 5 nitrogen and oxygen atoms in total. The lowest BCUT2D eigenvalue weighted by atomic mass is 10.3. The normalized spacial score (nSPS) is 10.6. The summed E-state index contributed by atoms with van der Waals surface area (Å²) >= 11 is 0. The van der Waals surface area contributed by atoms with Gasteiger partial charge in [-0.2, -0.15) is 5.10 Å². The number of aromatic nitrogens is 3. The summed E-state index contributed by atoms with van der Waals surface area (Å²) in [5, 5.41) is 13.5. The number of hydrogen-bond donors (Lipinski definition) is 2. The van der Waals surface area contributed by atoms with Gasteiger partial charge in [-0.3, -0.25) is 0 Å². The Morgan fingerprint density at radius 2 is 2.00 bits per heavy atom. The van der Waals surface area contributed by atoms with E-state index in [1.165, 1.54) is 0 Å². The molecule has 1 aromatic carbocycles. The Morgan fingerprint density at radius 1 is 1.31 bits per heavy atom. The lowest BCUT2D eigenvalue weighted by Gasteiger charge is -2.02. The third kappa shape index (κ3) is 2.04.